The molecular weight excluding hydrogens is 328 g/mol. The van der Waals surface area contributed by atoms with Crippen LogP contribution in [0, 0.1) is 34.8 Å². The molecule has 5 nitrogen and oxygen atoms in total. The van der Waals surface area contributed by atoms with Gasteiger partial charge in [-0.15, -0.1) is 0 Å². The van der Waals surface area contributed by atoms with Crippen molar-refractivity contribution in [2.45, 2.75) is 45.4 Å². The number of carbonyl (C=O) groups is 1. The van der Waals surface area contributed by atoms with Crippen LogP contribution in [0.3, 0.4) is 0 Å². The monoisotopic (exact) mass is 354 g/mol. The van der Waals surface area contributed by atoms with Crippen LogP contribution in [0.1, 0.15) is 44.1 Å². The molecule has 1 amide bonds. The molecule has 5 heteroatoms. The van der Waals surface area contributed by atoms with Crippen molar-refractivity contribution in [1.82, 2.24) is 0 Å². The van der Waals surface area contributed by atoms with Crippen molar-refractivity contribution in [2.24, 2.45) is 17.8 Å². The first-order chi connectivity index (χ1) is 12.6. The predicted octanol–water partition coefficient (Wildman–Crippen LogP) is 5.17. The number of hydrogen-bond acceptors (Lipinski definition) is 3. The third-order valence-electron chi connectivity index (χ3n) is 5.49. The maximum atomic E-state index is 12.8. The maximum Gasteiger partial charge on any atom is 0.271 e. The first kappa shape index (κ1) is 18.4. The fourth-order valence-electron chi connectivity index (χ4n) is 3.94. The summed E-state index contributed by atoms with van der Waals surface area (Å²) >= 11 is 0. The number of non-ortho nitro benzene ring substituents is 1. The summed E-state index contributed by atoms with van der Waals surface area (Å²) in [6, 6.07) is 4.60. The van der Waals surface area contributed by atoms with Crippen LogP contribution < -0.4 is 5.32 Å². The van der Waals surface area contributed by atoms with E-state index in [1.54, 1.807) is 6.07 Å². The summed E-state index contributed by atoms with van der Waals surface area (Å²) in [6.45, 7) is 1.85. The van der Waals surface area contributed by atoms with Crippen molar-refractivity contribution in [3.63, 3.8) is 0 Å². The molecule has 0 aliphatic heterocycles. The summed E-state index contributed by atoms with van der Waals surface area (Å²) in [6.07, 6.45) is 15.2. The Labute approximate surface area is 154 Å². The van der Waals surface area contributed by atoms with Crippen molar-refractivity contribution in [2.75, 3.05) is 5.32 Å². The number of benzene rings is 1. The van der Waals surface area contributed by atoms with Gasteiger partial charge < -0.3 is 5.32 Å². The minimum absolute atomic E-state index is 0.00321. The SMILES string of the molecule is Cc1ccc([N+](=O)[O-])cc1NC(=O)C1C2CCC=CCCC=CCCC21. The molecule has 1 aromatic rings. The molecule has 0 radical (unpaired) electrons. The largest absolute Gasteiger partial charge is 0.325 e. The van der Waals surface area contributed by atoms with Gasteiger partial charge in [0.25, 0.3) is 5.69 Å². The molecule has 0 heterocycles. The van der Waals surface area contributed by atoms with Crippen LogP contribution in [0.25, 0.3) is 0 Å². The second-order valence-corrected chi connectivity index (χ2v) is 7.27. The summed E-state index contributed by atoms with van der Waals surface area (Å²) in [7, 11) is 0. The number of nitrogens with one attached hydrogen (secondary N) is 1. The van der Waals surface area contributed by atoms with Crippen LogP contribution in [0.2, 0.25) is 0 Å². The smallest absolute Gasteiger partial charge is 0.271 e. The Balaban J connectivity index is 1.68. The number of anilines is 1. The van der Waals surface area contributed by atoms with Gasteiger partial charge in [0.2, 0.25) is 5.91 Å². The molecule has 0 bridgehead atoms. The lowest BCUT2D eigenvalue weighted by Gasteiger charge is -2.08. The number of rotatable bonds is 3. The number of nitro benzene ring substituents is 1. The lowest BCUT2D eigenvalue weighted by Crippen LogP contribution is -2.16. The van der Waals surface area contributed by atoms with Gasteiger partial charge in [0, 0.05) is 18.1 Å². The van der Waals surface area contributed by atoms with Crippen LogP contribution in [-0.2, 0) is 4.79 Å². The van der Waals surface area contributed by atoms with E-state index in [9.17, 15) is 14.9 Å². The van der Waals surface area contributed by atoms with Crippen molar-refractivity contribution in [3.8, 4) is 0 Å². The number of fused-ring (bicyclic) bond motifs is 1. The van der Waals surface area contributed by atoms with E-state index < -0.39 is 4.92 Å². The lowest BCUT2D eigenvalue weighted by molar-refractivity contribution is -0.384. The summed E-state index contributed by atoms with van der Waals surface area (Å²) in [5, 5.41) is 13.9. The van der Waals surface area contributed by atoms with Crippen LogP contribution >= 0.6 is 0 Å². The Morgan fingerprint density at radius 1 is 1.04 bits per heavy atom. The molecule has 26 heavy (non-hydrogen) atoms. The number of nitrogens with zero attached hydrogens (tertiary/aromatic N) is 1. The zero-order chi connectivity index (χ0) is 18.5. The number of carbonyl (C=O) groups excluding carboxylic acids is 1. The molecule has 3 rings (SSSR count). The van der Waals surface area contributed by atoms with Crippen LogP contribution in [0.15, 0.2) is 42.5 Å². The van der Waals surface area contributed by atoms with Crippen LogP contribution in [-0.4, -0.2) is 10.8 Å². The van der Waals surface area contributed by atoms with Gasteiger partial charge in [-0.25, -0.2) is 0 Å². The standard InChI is InChI=1S/C21H26N2O3/c1-15-12-13-16(23(25)26)14-19(15)22-21(24)20-17-10-8-6-4-2-3-5-7-9-11-18(17)20/h4-7,12-14,17-18,20H,2-3,8-11H2,1H3,(H,22,24). The van der Waals surface area contributed by atoms with E-state index in [0.717, 1.165) is 44.1 Å². The first-order valence-corrected chi connectivity index (χ1v) is 9.44. The summed E-state index contributed by atoms with van der Waals surface area (Å²) in [5.74, 6) is 0.876. The molecule has 0 saturated heterocycles. The fraction of sp³-hybridized carbons (Fsp3) is 0.476. The van der Waals surface area contributed by atoms with Gasteiger partial charge in [0.05, 0.1) is 10.6 Å². The van der Waals surface area contributed by atoms with Crippen molar-refractivity contribution >= 4 is 17.3 Å². The van der Waals surface area contributed by atoms with Crippen molar-refractivity contribution < 1.29 is 9.72 Å². The molecule has 1 N–H and O–H groups in total. The topological polar surface area (TPSA) is 72.2 Å². The zero-order valence-electron chi connectivity index (χ0n) is 15.2. The molecule has 0 aromatic heterocycles. The number of aryl methyl sites for hydroxylation is 1. The molecular formula is C21H26N2O3. The number of hydrogen-bond donors (Lipinski definition) is 1. The quantitative estimate of drug-likeness (QED) is 0.462. The molecule has 2 unspecified atom stereocenters. The molecule has 1 saturated carbocycles. The van der Waals surface area contributed by atoms with E-state index in [0.29, 0.717) is 17.5 Å². The third kappa shape index (κ3) is 4.40. The van der Waals surface area contributed by atoms with E-state index >= 15 is 0 Å². The molecule has 2 aliphatic carbocycles. The van der Waals surface area contributed by atoms with Gasteiger partial charge in [-0.1, -0.05) is 30.4 Å². The van der Waals surface area contributed by atoms with Crippen LogP contribution in [0.4, 0.5) is 11.4 Å². The zero-order valence-corrected chi connectivity index (χ0v) is 15.2. The van der Waals surface area contributed by atoms with Gasteiger partial charge >= 0.3 is 0 Å². The molecule has 2 aliphatic rings. The van der Waals surface area contributed by atoms with Crippen molar-refractivity contribution in [1.29, 1.82) is 0 Å². The normalized spacial score (nSPS) is 25.5. The highest BCUT2D eigenvalue weighted by Crippen LogP contribution is 2.52. The van der Waals surface area contributed by atoms with Gasteiger partial charge in [-0.05, 0) is 62.8 Å². The minimum atomic E-state index is -0.433. The minimum Gasteiger partial charge on any atom is -0.325 e. The number of amides is 1. The summed E-state index contributed by atoms with van der Waals surface area (Å²) < 4.78 is 0. The van der Waals surface area contributed by atoms with E-state index in [1.165, 1.54) is 12.1 Å². The Hall–Kier alpha value is -2.43. The Morgan fingerprint density at radius 2 is 1.62 bits per heavy atom. The lowest BCUT2D eigenvalue weighted by atomic mass is 10.1. The third-order valence-corrected chi connectivity index (χ3v) is 5.49. The van der Waals surface area contributed by atoms with E-state index in [-0.39, 0.29) is 17.5 Å². The van der Waals surface area contributed by atoms with E-state index in [2.05, 4.69) is 29.6 Å². The molecule has 0 spiro atoms. The highest BCUT2D eigenvalue weighted by Gasteiger charge is 2.52. The summed E-state index contributed by atoms with van der Waals surface area (Å²) in [4.78, 5) is 23.3. The molecule has 2 atom stereocenters. The van der Waals surface area contributed by atoms with Crippen LogP contribution in [0.5, 0.6) is 0 Å². The number of allylic oxidation sites excluding steroid dienone is 4. The number of nitro groups is 1. The maximum absolute atomic E-state index is 12.8. The van der Waals surface area contributed by atoms with Gasteiger partial charge in [-0.2, -0.15) is 0 Å². The summed E-state index contributed by atoms with van der Waals surface area (Å²) in [5.41, 5.74) is 1.39. The molecule has 138 valence electrons. The highest BCUT2D eigenvalue weighted by molar-refractivity contribution is 5.95. The first-order valence-electron chi connectivity index (χ1n) is 9.44. The Kier molecular flexibility index (Phi) is 5.86. The second kappa shape index (κ2) is 8.30. The fourth-order valence-corrected chi connectivity index (χ4v) is 3.94. The Bertz CT molecular complexity index is 715. The molecule has 1 aromatic carbocycles. The van der Waals surface area contributed by atoms with E-state index in [1.807, 2.05) is 6.92 Å². The van der Waals surface area contributed by atoms with Crippen molar-refractivity contribution in [3.05, 3.63) is 58.2 Å². The molecule has 1 fully saturated rings. The van der Waals surface area contributed by atoms with Gasteiger partial charge in [0.15, 0.2) is 0 Å². The predicted molar refractivity (Wildman–Crippen MR) is 103 cm³/mol. The van der Waals surface area contributed by atoms with E-state index in [4.69, 9.17) is 0 Å². The average Bonchev–Trinajstić information content (AvgIpc) is 3.29. The van der Waals surface area contributed by atoms with Gasteiger partial charge in [0.1, 0.15) is 0 Å². The highest BCUT2D eigenvalue weighted by atomic mass is 16.6. The second-order valence-electron chi connectivity index (χ2n) is 7.27. The van der Waals surface area contributed by atoms with Gasteiger partial charge in [-0.3, -0.25) is 14.9 Å². The Morgan fingerprint density at radius 3 is 2.19 bits per heavy atom. The average molecular weight is 354 g/mol.